The number of benzene rings is 2. The van der Waals surface area contributed by atoms with Crippen LogP contribution in [0.25, 0.3) is 0 Å². The van der Waals surface area contributed by atoms with Gasteiger partial charge in [-0.2, -0.15) is 11.8 Å². The van der Waals surface area contributed by atoms with E-state index in [4.69, 9.17) is 0 Å². The minimum absolute atomic E-state index is 0.138. The van der Waals surface area contributed by atoms with Crippen molar-refractivity contribution < 1.29 is 4.79 Å². The van der Waals surface area contributed by atoms with E-state index < -0.39 is 0 Å². The van der Waals surface area contributed by atoms with E-state index in [1.165, 1.54) is 22.3 Å². The molecular weight excluding hydrogens is 314 g/mol. The fraction of sp³-hybridized carbons (Fsp3) is 0.381. The Balaban J connectivity index is 1.73. The lowest BCUT2D eigenvalue weighted by atomic mass is 10.0. The Bertz CT molecular complexity index is 640. The first-order valence-corrected chi connectivity index (χ1v) is 9.87. The van der Waals surface area contributed by atoms with Crippen molar-refractivity contribution in [1.82, 2.24) is 5.32 Å². The first-order chi connectivity index (χ1) is 11.7. The summed E-state index contributed by atoms with van der Waals surface area (Å²) in [5, 5.41) is 3.07. The number of hydrogen-bond donors (Lipinski definition) is 1. The van der Waals surface area contributed by atoms with Gasteiger partial charge in [0.2, 0.25) is 5.91 Å². The summed E-state index contributed by atoms with van der Waals surface area (Å²) in [6, 6.07) is 17.0. The lowest BCUT2D eigenvalue weighted by Gasteiger charge is -2.11. The average Bonchev–Trinajstić information content (AvgIpc) is 2.64. The fourth-order valence-corrected chi connectivity index (χ4v) is 3.52. The van der Waals surface area contributed by atoms with Crippen LogP contribution in [0.2, 0.25) is 0 Å². The van der Waals surface area contributed by atoms with Crippen LogP contribution in [0.1, 0.15) is 42.5 Å². The van der Waals surface area contributed by atoms with Crippen LogP contribution in [0.3, 0.4) is 0 Å². The van der Waals surface area contributed by atoms with Crippen molar-refractivity contribution in [3.63, 3.8) is 0 Å². The molecule has 0 saturated carbocycles. The van der Waals surface area contributed by atoms with Crippen molar-refractivity contribution in [2.45, 2.75) is 45.4 Å². The highest BCUT2D eigenvalue weighted by Crippen LogP contribution is 2.15. The third-order valence-electron chi connectivity index (χ3n) is 4.12. The summed E-state index contributed by atoms with van der Waals surface area (Å²) in [6.07, 6.45) is 2.61. The van der Waals surface area contributed by atoms with E-state index in [1.807, 2.05) is 17.8 Å². The first kappa shape index (κ1) is 18.6. The van der Waals surface area contributed by atoms with Gasteiger partial charge < -0.3 is 5.32 Å². The maximum atomic E-state index is 12.1. The smallest absolute Gasteiger partial charge is 0.221 e. The van der Waals surface area contributed by atoms with E-state index in [1.54, 1.807) is 0 Å². The molecule has 3 heteroatoms. The van der Waals surface area contributed by atoms with Gasteiger partial charge >= 0.3 is 0 Å². The highest BCUT2D eigenvalue weighted by molar-refractivity contribution is 7.98. The molecule has 0 unspecified atom stereocenters. The third kappa shape index (κ3) is 6.04. The van der Waals surface area contributed by atoms with Crippen LogP contribution in [0.5, 0.6) is 0 Å². The van der Waals surface area contributed by atoms with Gasteiger partial charge in [-0.25, -0.2) is 0 Å². The van der Waals surface area contributed by atoms with Gasteiger partial charge in [0, 0.05) is 24.5 Å². The Labute approximate surface area is 150 Å². The predicted molar refractivity (Wildman–Crippen MR) is 104 cm³/mol. The van der Waals surface area contributed by atoms with E-state index in [0.29, 0.717) is 13.0 Å². The molecule has 0 spiro atoms. The molecule has 0 aromatic heterocycles. The van der Waals surface area contributed by atoms with Gasteiger partial charge in [0.25, 0.3) is 0 Å². The van der Waals surface area contributed by atoms with Gasteiger partial charge in [-0.15, -0.1) is 0 Å². The molecule has 0 aliphatic heterocycles. The highest BCUT2D eigenvalue weighted by atomic mass is 32.2. The molecule has 0 aliphatic carbocycles. The van der Waals surface area contributed by atoms with E-state index in [-0.39, 0.29) is 5.91 Å². The lowest BCUT2D eigenvalue weighted by Crippen LogP contribution is -2.23. The zero-order valence-corrected chi connectivity index (χ0v) is 15.5. The second-order valence-electron chi connectivity index (χ2n) is 5.88. The highest BCUT2D eigenvalue weighted by Gasteiger charge is 2.06. The maximum Gasteiger partial charge on any atom is 0.221 e. The summed E-state index contributed by atoms with van der Waals surface area (Å²) in [5.41, 5.74) is 5.22. The number of rotatable bonds is 9. The maximum absolute atomic E-state index is 12.1. The van der Waals surface area contributed by atoms with E-state index in [0.717, 1.165) is 24.3 Å². The topological polar surface area (TPSA) is 29.1 Å². The molecule has 1 amide bonds. The molecule has 2 aromatic rings. The Morgan fingerprint density at radius 1 is 0.958 bits per heavy atom. The number of hydrogen-bond acceptors (Lipinski definition) is 2. The van der Waals surface area contributed by atoms with Crippen LogP contribution in [-0.4, -0.2) is 11.7 Å². The standard InChI is InChI=1S/C21H27NOS/c1-3-17-10-11-19(4-2)20(14-17)15-22-21(23)12-13-24-16-18-8-6-5-7-9-18/h5-11,14H,3-4,12-13,15-16H2,1-2H3,(H,22,23). The predicted octanol–water partition coefficient (Wildman–Crippen LogP) is 4.75. The molecule has 0 aliphatic rings. The normalized spacial score (nSPS) is 10.6. The quantitative estimate of drug-likeness (QED) is 0.667. The second-order valence-corrected chi connectivity index (χ2v) is 6.98. The summed E-state index contributed by atoms with van der Waals surface area (Å²) in [5.74, 6) is 1.96. The van der Waals surface area contributed by atoms with Gasteiger partial charge in [0.05, 0.1) is 0 Å². The largest absolute Gasteiger partial charge is 0.352 e. The first-order valence-electron chi connectivity index (χ1n) is 8.72. The molecule has 2 rings (SSSR count). The summed E-state index contributed by atoms with van der Waals surface area (Å²) in [6.45, 7) is 4.96. The minimum Gasteiger partial charge on any atom is -0.352 e. The van der Waals surface area contributed by atoms with E-state index in [2.05, 4.69) is 61.6 Å². The number of amides is 1. The number of thioether (sulfide) groups is 1. The van der Waals surface area contributed by atoms with Crippen molar-refractivity contribution in [3.05, 3.63) is 70.8 Å². The van der Waals surface area contributed by atoms with Crippen LogP contribution in [-0.2, 0) is 29.9 Å². The molecular formula is C21H27NOS. The van der Waals surface area contributed by atoms with Crippen molar-refractivity contribution in [1.29, 1.82) is 0 Å². The molecule has 0 heterocycles. The van der Waals surface area contributed by atoms with Crippen molar-refractivity contribution >= 4 is 17.7 Å². The second kappa shape index (κ2) is 10.2. The molecule has 0 radical (unpaired) electrons. The molecule has 24 heavy (non-hydrogen) atoms. The van der Waals surface area contributed by atoms with Crippen LogP contribution >= 0.6 is 11.8 Å². The summed E-state index contributed by atoms with van der Waals surface area (Å²) < 4.78 is 0. The summed E-state index contributed by atoms with van der Waals surface area (Å²) in [7, 11) is 0. The van der Waals surface area contributed by atoms with Crippen molar-refractivity contribution in [2.24, 2.45) is 0 Å². The van der Waals surface area contributed by atoms with Gasteiger partial charge in [0.15, 0.2) is 0 Å². The Hall–Kier alpha value is -1.74. The zero-order valence-electron chi connectivity index (χ0n) is 14.7. The fourth-order valence-electron chi connectivity index (χ4n) is 2.62. The van der Waals surface area contributed by atoms with Gasteiger partial charge in [-0.05, 0) is 35.1 Å². The monoisotopic (exact) mass is 341 g/mol. The number of carbonyl (C=O) groups is 1. The summed E-state index contributed by atoms with van der Waals surface area (Å²) >= 11 is 1.81. The van der Waals surface area contributed by atoms with Crippen LogP contribution in [0.15, 0.2) is 48.5 Å². The zero-order chi connectivity index (χ0) is 17.2. The Morgan fingerprint density at radius 3 is 2.46 bits per heavy atom. The van der Waals surface area contributed by atoms with E-state index >= 15 is 0 Å². The molecule has 0 fully saturated rings. The average molecular weight is 342 g/mol. The molecule has 0 atom stereocenters. The number of aryl methyl sites for hydroxylation is 2. The van der Waals surface area contributed by atoms with Gasteiger partial charge in [-0.1, -0.05) is 62.4 Å². The molecule has 128 valence electrons. The van der Waals surface area contributed by atoms with Crippen LogP contribution < -0.4 is 5.32 Å². The van der Waals surface area contributed by atoms with E-state index in [9.17, 15) is 4.79 Å². The third-order valence-corrected chi connectivity index (χ3v) is 5.15. The molecule has 0 bridgehead atoms. The van der Waals surface area contributed by atoms with Crippen molar-refractivity contribution in [3.8, 4) is 0 Å². The van der Waals surface area contributed by atoms with Gasteiger partial charge in [-0.3, -0.25) is 4.79 Å². The molecule has 1 N–H and O–H groups in total. The van der Waals surface area contributed by atoms with Crippen LogP contribution in [0, 0.1) is 0 Å². The Kier molecular flexibility index (Phi) is 7.90. The van der Waals surface area contributed by atoms with Crippen molar-refractivity contribution in [2.75, 3.05) is 5.75 Å². The SMILES string of the molecule is CCc1ccc(CC)c(CNC(=O)CCSCc2ccccc2)c1. The van der Waals surface area contributed by atoms with Gasteiger partial charge in [0.1, 0.15) is 0 Å². The molecule has 2 aromatic carbocycles. The Morgan fingerprint density at radius 2 is 1.75 bits per heavy atom. The molecule has 2 nitrogen and oxygen atoms in total. The number of carbonyl (C=O) groups excluding carboxylic acids is 1. The minimum atomic E-state index is 0.138. The number of nitrogens with one attached hydrogen (secondary N) is 1. The summed E-state index contributed by atoms with van der Waals surface area (Å²) in [4.78, 5) is 12.1. The lowest BCUT2D eigenvalue weighted by molar-refractivity contribution is -0.120. The molecule has 0 saturated heterocycles. The van der Waals surface area contributed by atoms with Crippen LogP contribution in [0.4, 0.5) is 0 Å².